The van der Waals surface area contributed by atoms with Crippen molar-refractivity contribution in [1.29, 1.82) is 0 Å². The smallest absolute Gasteiger partial charge is 0.0726 e. The minimum atomic E-state index is -0.426. The van der Waals surface area contributed by atoms with Gasteiger partial charge in [0.05, 0.1) is 15.8 Å². The highest BCUT2D eigenvalue weighted by Crippen LogP contribution is 2.64. The van der Waals surface area contributed by atoms with Crippen LogP contribution in [-0.2, 0) is 16.2 Å². The molecule has 2 aliphatic carbocycles. The zero-order valence-corrected chi connectivity index (χ0v) is 32.1. The SMILES string of the molecule is CC(C)(C)c1ccc2c(c1)C1(c3cc(C(C)(C)C)ccc3-2)c2ccccc2-c2c(Nc3cccc4c3sc3cccc(-c5ccccc5)c34)cccc21. The number of benzene rings is 7. The molecule has 10 rings (SSSR count). The Morgan fingerprint density at radius 1 is 0.472 bits per heavy atom. The molecule has 0 saturated carbocycles. The first-order chi connectivity index (χ1) is 25.5. The van der Waals surface area contributed by atoms with E-state index in [1.54, 1.807) is 0 Å². The Bertz CT molecular complexity index is 2700. The lowest BCUT2D eigenvalue weighted by atomic mass is 9.69. The van der Waals surface area contributed by atoms with Gasteiger partial charge in [-0.15, -0.1) is 11.3 Å². The second kappa shape index (κ2) is 11.3. The van der Waals surface area contributed by atoms with Crippen LogP contribution in [-0.4, -0.2) is 0 Å². The van der Waals surface area contributed by atoms with Crippen LogP contribution in [0.5, 0.6) is 0 Å². The molecule has 8 aromatic rings. The number of hydrogen-bond donors (Lipinski definition) is 1. The molecule has 1 N–H and O–H groups in total. The number of thiophene rings is 1. The van der Waals surface area contributed by atoms with E-state index in [-0.39, 0.29) is 10.8 Å². The molecule has 0 amide bonds. The molecule has 0 aliphatic heterocycles. The molecule has 0 unspecified atom stereocenters. The molecule has 1 nitrogen and oxygen atoms in total. The Kier molecular flexibility index (Phi) is 6.86. The van der Waals surface area contributed by atoms with Gasteiger partial charge >= 0.3 is 0 Å². The van der Waals surface area contributed by atoms with E-state index in [0.29, 0.717) is 0 Å². The van der Waals surface area contributed by atoms with Gasteiger partial charge < -0.3 is 5.32 Å². The van der Waals surface area contributed by atoms with E-state index in [2.05, 4.69) is 192 Å². The van der Waals surface area contributed by atoms with Crippen LogP contribution in [0.3, 0.4) is 0 Å². The fourth-order valence-corrected chi connectivity index (χ4v) is 10.4. The van der Waals surface area contributed by atoms with E-state index in [9.17, 15) is 0 Å². The summed E-state index contributed by atoms with van der Waals surface area (Å²) < 4.78 is 2.59. The van der Waals surface area contributed by atoms with Crippen LogP contribution >= 0.6 is 11.3 Å². The summed E-state index contributed by atoms with van der Waals surface area (Å²) in [6.45, 7) is 14.0. The minimum absolute atomic E-state index is 0.0230. The lowest BCUT2D eigenvalue weighted by molar-refractivity contribution is 0.586. The molecular formula is C51H43NS. The number of rotatable bonds is 3. The largest absolute Gasteiger partial charge is 0.354 e. The van der Waals surface area contributed by atoms with Crippen LogP contribution in [0.25, 0.3) is 53.6 Å². The van der Waals surface area contributed by atoms with Crippen LogP contribution in [0.15, 0.2) is 146 Å². The second-order valence-corrected chi connectivity index (χ2v) is 18.1. The minimum Gasteiger partial charge on any atom is -0.354 e. The maximum atomic E-state index is 4.04. The Labute approximate surface area is 317 Å². The van der Waals surface area contributed by atoms with Gasteiger partial charge in [-0.3, -0.25) is 0 Å². The van der Waals surface area contributed by atoms with Crippen LogP contribution in [0, 0.1) is 0 Å². The summed E-state index contributed by atoms with van der Waals surface area (Å²) in [4.78, 5) is 0. The summed E-state index contributed by atoms with van der Waals surface area (Å²) in [7, 11) is 0. The Balaban J connectivity index is 1.22. The fraction of sp³-hybridized carbons (Fsp3) is 0.176. The van der Waals surface area contributed by atoms with Crippen molar-refractivity contribution in [2.75, 3.05) is 5.32 Å². The second-order valence-electron chi connectivity index (χ2n) is 17.0. The summed E-state index contributed by atoms with van der Waals surface area (Å²) in [5.74, 6) is 0. The van der Waals surface area contributed by atoms with Crippen LogP contribution in [0.4, 0.5) is 11.4 Å². The van der Waals surface area contributed by atoms with Crippen molar-refractivity contribution in [1.82, 2.24) is 0 Å². The normalized spacial score (nSPS) is 14.0. The molecule has 0 fully saturated rings. The third-order valence-corrected chi connectivity index (χ3v) is 13.0. The van der Waals surface area contributed by atoms with Crippen LogP contribution in [0.2, 0.25) is 0 Å². The van der Waals surface area contributed by atoms with Gasteiger partial charge in [-0.05, 0) is 90.2 Å². The third kappa shape index (κ3) is 4.61. The molecule has 0 atom stereocenters. The fourth-order valence-electron chi connectivity index (χ4n) is 9.22. The van der Waals surface area contributed by atoms with E-state index >= 15 is 0 Å². The Hall–Kier alpha value is -5.44. The zero-order valence-electron chi connectivity index (χ0n) is 31.3. The summed E-state index contributed by atoms with van der Waals surface area (Å²) in [5.41, 5.74) is 18.0. The van der Waals surface area contributed by atoms with Crippen molar-refractivity contribution in [3.8, 4) is 33.4 Å². The van der Waals surface area contributed by atoms with E-state index in [0.717, 1.165) is 11.4 Å². The van der Waals surface area contributed by atoms with Crippen molar-refractivity contribution in [2.24, 2.45) is 0 Å². The average molecular weight is 702 g/mol. The molecule has 0 radical (unpaired) electrons. The lowest BCUT2D eigenvalue weighted by Gasteiger charge is -2.33. The van der Waals surface area contributed by atoms with Crippen molar-refractivity contribution in [2.45, 2.75) is 57.8 Å². The molecule has 53 heavy (non-hydrogen) atoms. The quantitative estimate of drug-likeness (QED) is 0.193. The van der Waals surface area contributed by atoms with E-state index in [1.807, 2.05) is 11.3 Å². The van der Waals surface area contributed by atoms with Gasteiger partial charge in [0.15, 0.2) is 0 Å². The molecule has 2 aliphatic rings. The van der Waals surface area contributed by atoms with Gasteiger partial charge in [0.25, 0.3) is 0 Å². The highest BCUT2D eigenvalue weighted by atomic mass is 32.1. The van der Waals surface area contributed by atoms with E-state index in [1.165, 1.54) is 86.9 Å². The Morgan fingerprint density at radius 3 is 1.75 bits per heavy atom. The molecule has 258 valence electrons. The van der Waals surface area contributed by atoms with Crippen LogP contribution in [0.1, 0.15) is 74.9 Å². The predicted octanol–water partition coefficient (Wildman–Crippen LogP) is 14.4. The van der Waals surface area contributed by atoms with E-state index < -0.39 is 5.41 Å². The maximum absolute atomic E-state index is 4.04. The first-order valence-electron chi connectivity index (χ1n) is 18.9. The number of hydrogen-bond acceptors (Lipinski definition) is 2. The van der Waals surface area contributed by atoms with E-state index in [4.69, 9.17) is 0 Å². The average Bonchev–Trinajstić information content (AvgIpc) is 3.79. The predicted molar refractivity (Wildman–Crippen MR) is 228 cm³/mol. The molecule has 1 heterocycles. The van der Waals surface area contributed by atoms with Gasteiger partial charge in [-0.2, -0.15) is 0 Å². The number of fused-ring (bicyclic) bond motifs is 13. The van der Waals surface area contributed by atoms with Gasteiger partial charge in [-0.25, -0.2) is 0 Å². The molecular weight excluding hydrogens is 659 g/mol. The Morgan fingerprint density at radius 2 is 1.06 bits per heavy atom. The molecule has 0 bridgehead atoms. The van der Waals surface area contributed by atoms with Crippen molar-refractivity contribution in [3.63, 3.8) is 0 Å². The van der Waals surface area contributed by atoms with Gasteiger partial charge in [0.2, 0.25) is 0 Å². The summed E-state index contributed by atoms with van der Waals surface area (Å²) in [6, 6.07) is 55.0. The molecule has 1 spiro atoms. The van der Waals surface area contributed by atoms with Gasteiger partial charge in [-0.1, -0.05) is 169 Å². The standard InChI is InChI=1S/C51H43NS/c1-49(2,3)32-25-27-35-36-28-26-33(50(4,5)6)30-42(36)51(41(35)29-32)39-20-11-10-17-37(39)47-40(51)21-14-22-43(47)52-44-23-12-19-38-46-34(31-15-8-7-9-16-31)18-13-24-45(46)53-48(38)44/h7-30,52H,1-6H3. The van der Waals surface area contributed by atoms with Gasteiger partial charge in [0.1, 0.15) is 0 Å². The molecule has 2 heteroatoms. The maximum Gasteiger partial charge on any atom is 0.0726 e. The number of nitrogens with one attached hydrogen (secondary N) is 1. The highest BCUT2D eigenvalue weighted by Gasteiger charge is 2.52. The number of anilines is 2. The summed E-state index contributed by atoms with van der Waals surface area (Å²) in [6.07, 6.45) is 0. The zero-order chi connectivity index (χ0) is 36.3. The summed E-state index contributed by atoms with van der Waals surface area (Å²) >= 11 is 1.88. The van der Waals surface area contributed by atoms with Crippen molar-refractivity contribution < 1.29 is 0 Å². The van der Waals surface area contributed by atoms with Gasteiger partial charge in [0, 0.05) is 26.7 Å². The monoisotopic (exact) mass is 701 g/mol. The topological polar surface area (TPSA) is 12.0 Å². The third-order valence-electron chi connectivity index (χ3n) is 11.8. The molecule has 0 saturated heterocycles. The van der Waals surface area contributed by atoms with Crippen molar-refractivity contribution in [3.05, 3.63) is 179 Å². The van der Waals surface area contributed by atoms with Crippen molar-refractivity contribution >= 4 is 42.9 Å². The highest BCUT2D eigenvalue weighted by molar-refractivity contribution is 7.26. The van der Waals surface area contributed by atoms with Crippen LogP contribution < -0.4 is 5.32 Å². The summed E-state index contributed by atoms with van der Waals surface area (Å²) in [5, 5.41) is 6.67. The molecule has 7 aromatic carbocycles. The molecule has 1 aromatic heterocycles. The first kappa shape index (κ1) is 32.2. The lowest BCUT2D eigenvalue weighted by Crippen LogP contribution is -2.27. The first-order valence-corrected chi connectivity index (χ1v) is 19.7.